The Morgan fingerprint density at radius 3 is 1.52 bits per heavy atom. The molecule has 2 N–H and O–H groups in total. The van der Waals surface area contributed by atoms with Gasteiger partial charge in [0, 0.05) is 74.4 Å². The predicted octanol–water partition coefficient (Wildman–Crippen LogP) is 9.27. The molecule has 0 saturated heterocycles. The summed E-state index contributed by atoms with van der Waals surface area (Å²) in [5.74, 6) is 1.11. The number of H-pyrrole nitrogens is 2. The van der Waals surface area contributed by atoms with Crippen molar-refractivity contribution in [3.8, 4) is 22.8 Å². The second-order valence-electron chi connectivity index (χ2n) is 6.63. The summed E-state index contributed by atoms with van der Waals surface area (Å²) in [4.78, 5) is 34.0. The number of aromatic amines is 2. The van der Waals surface area contributed by atoms with E-state index in [0.717, 1.165) is 11.8 Å². The second-order valence-corrected chi connectivity index (χ2v) is 9.62. The normalized spacial score (nSPS) is 9.40. The van der Waals surface area contributed by atoms with E-state index in [1.54, 1.807) is 43.3 Å². The molecule has 40 heavy (non-hydrogen) atoms. The van der Waals surface area contributed by atoms with Crippen molar-refractivity contribution in [1.82, 2.24) is 19.9 Å². The summed E-state index contributed by atoms with van der Waals surface area (Å²) in [5.41, 5.74) is 2.41. The van der Waals surface area contributed by atoms with E-state index in [2.05, 4.69) is 49.5 Å². The number of benzene rings is 2. The summed E-state index contributed by atoms with van der Waals surface area (Å²) in [5, 5.41) is 12.2. The molecular weight excluding hydrogens is 789 g/mol. The van der Waals surface area contributed by atoms with Crippen molar-refractivity contribution < 1.29 is 46.8 Å². The first-order valence-electron chi connectivity index (χ1n) is 10.5. The van der Waals surface area contributed by atoms with Gasteiger partial charge in [-0.1, -0.05) is 46.4 Å². The van der Waals surface area contributed by atoms with Crippen LogP contribution in [0.1, 0.15) is 30.0 Å². The van der Waals surface area contributed by atoms with Gasteiger partial charge >= 0.3 is 0 Å². The number of imidazole rings is 2. The van der Waals surface area contributed by atoms with E-state index in [-0.39, 0.29) is 37.1 Å². The second kappa shape index (κ2) is 22.3. The molecule has 0 bridgehead atoms. The number of rotatable bonds is 5. The monoisotopic (exact) mass is 809 g/mol. The molecule has 0 saturated carbocycles. The SMILES string of the molecule is C[CH-]I.O=Cc1cnc(-c2cc(Cl)cc(Cl)c2)[nH]1.O=[N+]([O-])/C=C/c1cnc(-c2cc(Cl)cc(Cl)c2)[nH]1.[CH2-]C.[V].[V]. The molecule has 0 unspecified atom stereocenters. The number of aromatic nitrogens is 4. The van der Waals surface area contributed by atoms with Crippen LogP contribution in [0.3, 0.4) is 0 Å². The molecule has 0 amide bonds. The van der Waals surface area contributed by atoms with Crippen LogP contribution in [0, 0.1) is 21.5 Å². The number of nitrogens with zero attached hydrogens (tertiary/aromatic N) is 3. The van der Waals surface area contributed by atoms with Crippen molar-refractivity contribution in [2.45, 2.75) is 13.8 Å². The van der Waals surface area contributed by atoms with Crippen LogP contribution < -0.4 is 0 Å². The van der Waals surface area contributed by atoms with Crippen LogP contribution in [0.5, 0.6) is 0 Å². The number of halogens is 5. The maximum Gasteiger partial charge on any atom is 0.236 e. The zero-order valence-electron chi connectivity index (χ0n) is 21.0. The molecule has 0 aliphatic carbocycles. The van der Waals surface area contributed by atoms with Crippen molar-refractivity contribution in [2.24, 2.45) is 0 Å². The minimum Gasteiger partial charge on any atom is -0.346 e. The molecule has 0 aliphatic rings. The van der Waals surface area contributed by atoms with Gasteiger partial charge in [-0.2, -0.15) is 13.8 Å². The Labute approximate surface area is 290 Å². The molecule has 2 aromatic carbocycles. The number of hydrogen-bond acceptors (Lipinski definition) is 5. The first-order valence-corrected chi connectivity index (χ1v) is 13.3. The van der Waals surface area contributed by atoms with E-state index in [9.17, 15) is 14.9 Å². The summed E-state index contributed by atoms with van der Waals surface area (Å²) in [6, 6.07) is 10.1. The van der Waals surface area contributed by atoms with Gasteiger partial charge in [0.25, 0.3) is 0 Å². The summed E-state index contributed by atoms with van der Waals surface area (Å²) >= 11 is 25.6. The molecule has 0 aliphatic heterocycles. The molecule has 2 aromatic heterocycles. The molecule has 0 fully saturated rings. The molecular formula is C25H22Cl4IN5O3V2-2. The number of nitrogens with one attached hydrogen (secondary N) is 2. The van der Waals surface area contributed by atoms with Crippen LogP contribution in [0.15, 0.2) is 55.0 Å². The Bertz CT molecular complexity index is 1330. The van der Waals surface area contributed by atoms with Crippen molar-refractivity contribution in [2.75, 3.05) is 0 Å². The van der Waals surface area contributed by atoms with Gasteiger partial charge in [-0.05, 0) is 36.4 Å². The molecule has 4 aromatic rings. The third-order valence-corrected chi connectivity index (χ3v) is 4.84. The van der Waals surface area contributed by atoms with Crippen molar-refractivity contribution in [3.63, 3.8) is 0 Å². The van der Waals surface area contributed by atoms with Gasteiger partial charge in [0.2, 0.25) is 6.20 Å². The number of hydrogen-bond donors (Lipinski definition) is 2. The molecule has 212 valence electrons. The summed E-state index contributed by atoms with van der Waals surface area (Å²) in [6.45, 7) is 6.99. The van der Waals surface area contributed by atoms with E-state index in [1.807, 2.05) is 11.4 Å². The van der Waals surface area contributed by atoms with Gasteiger partial charge in [-0.25, -0.2) is 9.97 Å². The van der Waals surface area contributed by atoms with E-state index >= 15 is 0 Å². The summed E-state index contributed by atoms with van der Waals surface area (Å²) in [7, 11) is 0. The van der Waals surface area contributed by atoms with Crippen LogP contribution in [0.25, 0.3) is 28.9 Å². The number of aldehydes is 1. The first kappa shape index (κ1) is 40.9. The fraction of sp³-hybridized carbons (Fsp3) is 0.0800. The van der Waals surface area contributed by atoms with E-state index < -0.39 is 4.92 Å². The standard InChI is InChI=1S/C11H7Cl2N3O2.C10H6Cl2N2O.C2H4I.C2H5.2V/c12-8-3-7(4-9(13)5-8)11-14-6-10(15-11)1-2-16(17)18;11-7-1-6(2-8(12)3-7)10-13-4-9(5-15)14-10;1-2-3;1-2;;/h1-6H,(H,14,15);1-5H,(H,13,14);2H,1H3;1H2,2H3;;/q;;2*-1;;/b2-1+;;;;;. The Morgan fingerprint density at radius 1 is 0.850 bits per heavy atom. The smallest absolute Gasteiger partial charge is 0.236 e. The Kier molecular flexibility index (Phi) is 22.8. The van der Waals surface area contributed by atoms with Gasteiger partial charge in [-0.15, -0.1) is 0 Å². The van der Waals surface area contributed by atoms with Crippen molar-refractivity contribution >= 4 is 81.4 Å². The molecule has 0 spiro atoms. The third kappa shape index (κ3) is 15.1. The largest absolute Gasteiger partial charge is 0.346 e. The summed E-state index contributed by atoms with van der Waals surface area (Å²) < 4.78 is 1.97. The molecule has 8 nitrogen and oxygen atoms in total. The Balaban J connectivity index is 0. The minimum absolute atomic E-state index is 0. The fourth-order valence-electron chi connectivity index (χ4n) is 2.63. The quantitative estimate of drug-likeness (QED) is 0.0686. The maximum absolute atomic E-state index is 10.5. The van der Waals surface area contributed by atoms with E-state index in [0.29, 0.717) is 55.0 Å². The average molecular weight is 811 g/mol. The van der Waals surface area contributed by atoms with Crippen LogP contribution in [0.4, 0.5) is 0 Å². The third-order valence-electron chi connectivity index (χ3n) is 3.97. The maximum atomic E-state index is 10.5. The summed E-state index contributed by atoms with van der Waals surface area (Å²) in [6.07, 6.45) is 5.80. The van der Waals surface area contributed by atoms with Gasteiger partial charge in [0.05, 0.1) is 28.7 Å². The van der Waals surface area contributed by atoms with Crippen LogP contribution in [0.2, 0.25) is 20.1 Å². The van der Waals surface area contributed by atoms with Gasteiger partial charge < -0.3 is 39.5 Å². The molecule has 2 heterocycles. The Hall–Kier alpha value is -1.27. The van der Waals surface area contributed by atoms with E-state index in [4.69, 9.17) is 46.4 Å². The molecule has 2 radical (unpaired) electrons. The van der Waals surface area contributed by atoms with Crippen LogP contribution in [-0.2, 0) is 37.1 Å². The first-order chi connectivity index (χ1) is 18.1. The predicted molar refractivity (Wildman–Crippen MR) is 165 cm³/mol. The van der Waals surface area contributed by atoms with Crippen molar-refractivity contribution in [3.05, 3.63) is 108 Å². The average Bonchev–Trinajstić information content (AvgIpc) is 3.54. The van der Waals surface area contributed by atoms with Crippen molar-refractivity contribution in [1.29, 1.82) is 0 Å². The minimum atomic E-state index is -0.545. The Morgan fingerprint density at radius 2 is 1.20 bits per heavy atom. The van der Waals surface area contributed by atoms with Gasteiger partial charge in [-0.3, -0.25) is 19.3 Å². The van der Waals surface area contributed by atoms with Crippen LogP contribution in [-0.4, -0.2) is 31.1 Å². The molecule has 4 rings (SSSR count). The molecule has 15 heteroatoms. The molecule has 0 atom stereocenters. The van der Waals surface area contributed by atoms with Crippen LogP contribution >= 0.6 is 69.0 Å². The van der Waals surface area contributed by atoms with Gasteiger partial charge in [0.15, 0.2) is 6.29 Å². The zero-order valence-corrected chi connectivity index (χ0v) is 29.0. The number of carbonyl (C=O) groups is 1. The van der Waals surface area contributed by atoms with E-state index in [1.165, 1.54) is 18.5 Å². The fourth-order valence-corrected chi connectivity index (χ4v) is 3.68. The number of carbonyl (C=O) groups excluding carboxylic acids is 1. The van der Waals surface area contributed by atoms with Gasteiger partial charge in [0.1, 0.15) is 11.6 Å². The number of nitro groups is 1. The topological polar surface area (TPSA) is 118 Å². The zero-order chi connectivity index (χ0) is 28.7.